The Balaban J connectivity index is 3.07. The van der Waals surface area contributed by atoms with E-state index in [1.54, 1.807) is 12.1 Å². The van der Waals surface area contributed by atoms with Gasteiger partial charge >= 0.3 is 0 Å². The number of nitrogens with one attached hydrogen (secondary N) is 2. The maximum Gasteiger partial charge on any atom is 0.240 e. The second-order valence-electron chi connectivity index (χ2n) is 6.33. The van der Waals surface area contributed by atoms with Gasteiger partial charge < -0.3 is 5.32 Å². The zero-order valence-corrected chi connectivity index (χ0v) is 14.1. The van der Waals surface area contributed by atoms with Crippen LogP contribution < -0.4 is 10.0 Å². The Kier molecular flexibility index (Phi) is 5.35. The highest BCUT2D eigenvalue weighted by Gasteiger charge is 2.26. The maximum atomic E-state index is 12.4. The van der Waals surface area contributed by atoms with Crippen molar-refractivity contribution in [3.8, 4) is 0 Å². The summed E-state index contributed by atoms with van der Waals surface area (Å²) in [6.07, 6.45) is 0. The molecule has 1 aromatic rings. The Labute approximate surface area is 123 Å². The highest BCUT2D eigenvalue weighted by molar-refractivity contribution is 7.89. The van der Waals surface area contributed by atoms with Crippen molar-refractivity contribution in [2.45, 2.75) is 52.1 Å². The van der Waals surface area contributed by atoms with E-state index in [4.69, 9.17) is 0 Å². The van der Waals surface area contributed by atoms with Crippen LogP contribution in [0, 0.1) is 12.3 Å². The van der Waals surface area contributed by atoms with E-state index in [1.807, 2.05) is 47.7 Å². The number of benzene rings is 1. The lowest BCUT2D eigenvalue weighted by atomic mass is 9.89. The molecular formula is C15H26N2O2S. The molecule has 1 atom stereocenters. The molecule has 5 heteroatoms. The van der Waals surface area contributed by atoms with Crippen molar-refractivity contribution in [2.75, 3.05) is 7.05 Å². The van der Waals surface area contributed by atoms with E-state index < -0.39 is 10.0 Å². The first-order valence-corrected chi connectivity index (χ1v) is 8.32. The van der Waals surface area contributed by atoms with Gasteiger partial charge in [0.15, 0.2) is 0 Å². The molecule has 0 aliphatic rings. The van der Waals surface area contributed by atoms with Gasteiger partial charge in [0.25, 0.3) is 0 Å². The molecule has 0 aliphatic carbocycles. The van der Waals surface area contributed by atoms with Crippen molar-refractivity contribution in [3.63, 3.8) is 0 Å². The molecule has 114 valence electrons. The molecule has 0 fully saturated rings. The quantitative estimate of drug-likeness (QED) is 0.878. The first kappa shape index (κ1) is 17.1. The summed E-state index contributed by atoms with van der Waals surface area (Å²) in [4.78, 5) is 0.324. The molecule has 0 amide bonds. The molecule has 0 spiro atoms. The van der Waals surface area contributed by atoms with Gasteiger partial charge in [0.1, 0.15) is 0 Å². The maximum absolute atomic E-state index is 12.4. The summed E-state index contributed by atoms with van der Waals surface area (Å²) in [7, 11) is -1.63. The summed E-state index contributed by atoms with van der Waals surface area (Å²) in [5.41, 5.74) is 1.96. The van der Waals surface area contributed by atoms with Gasteiger partial charge in [-0.15, -0.1) is 0 Å². The zero-order valence-electron chi connectivity index (χ0n) is 13.2. The van der Waals surface area contributed by atoms with Crippen LogP contribution in [-0.4, -0.2) is 21.5 Å². The summed E-state index contributed by atoms with van der Waals surface area (Å²) < 4.78 is 27.6. The van der Waals surface area contributed by atoms with Gasteiger partial charge in [0.2, 0.25) is 10.0 Å². The Bertz CT molecular complexity index is 560. The first-order valence-electron chi connectivity index (χ1n) is 6.84. The highest BCUT2D eigenvalue weighted by Crippen LogP contribution is 2.22. The fourth-order valence-corrected chi connectivity index (χ4v) is 3.17. The Morgan fingerprint density at radius 1 is 1.25 bits per heavy atom. The van der Waals surface area contributed by atoms with Crippen LogP contribution in [0.2, 0.25) is 0 Å². The molecule has 0 saturated carbocycles. The number of sulfonamides is 1. The van der Waals surface area contributed by atoms with E-state index in [0.29, 0.717) is 11.4 Å². The van der Waals surface area contributed by atoms with E-state index in [-0.39, 0.29) is 11.5 Å². The summed E-state index contributed by atoms with van der Waals surface area (Å²) >= 11 is 0. The predicted molar refractivity (Wildman–Crippen MR) is 83.2 cm³/mol. The van der Waals surface area contributed by atoms with Crippen LogP contribution in [0.25, 0.3) is 0 Å². The Morgan fingerprint density at radius 3 is 2.35 bits per heavy atom. The molecule has 0 radical (unpaired) electrons. The minimum Gasteiger partial charge on any atom is -0.316 e. The van der Waals surface area contributed by atoms with E-state index >= 15 is 0 Å². The number of hydrogen-bond donors (Lipinski definition) is 2. The highest BCUT2D eigenvalue weighted by atomic mass is 32.2. The zero-order chi connectivity index (χ0) is 15.6. The largest absolute Gasteiger partial charge is 0.316 e. The van der Waals surface area contributed by atoms with E-state index in [1.165, 1.54) is 0 Å². The molecule has 2 N–H and O–H groups in total. The molecule has 20 heavy (non-hydrogen) atoms. The third-order valence-corrected chi connectivity index (χ3v) is 5.17. The summed E-state index contributed by atoms with van der Waals surface area (Å²) in [6, 6.07) is 5.11. The summed E-state index contributed by atoms with van der Waals surface area (Å²) in [5.74, 6) is 0. The standard InChI is InChI=1S/C15H26N2O2S/c1-11-7-8-14(9-13(11)10-16-6)20(18,19)17-12(2)15(3,4)5/h7-9,12,16-17H,10H2,1-6H3. The average Bonchev–Trinajstić information content (AvgIpc) is 2.30. The van der Waals surface area contributed by atoms with Crippen molar-refractivity contribution in [3.05, 3.63) is 29.3 Å². The molecule has 1 aromatic carbocycles. The van der Waals surface area contributed by atoms with Gasteiger partial charge in [-0.05, 0) is 49.6 Å². The van der Waals surface area contributed by atoms with Crippen LogP contribution >= 0.6 is 0 Å². The molecule has 0 aromatic heterocycles. The van der Waals surface area contributed by atoms with Gasteiger partial charge in [-0.2, -0.15) is 0 Å². The number of hydrogen-bond acceptors (Lipinski definition) is 3. The lowest BCUT2D eigenvalue weighted by molar-refractivity contribution is 0.317. The molecule has 0 saturated heterocycles. The molecule has 0 bridgehead atoms. The molecule has 0 aliphatic heterocycles. The topological polar surface area (TPSA) is 58.2 Å². The van der Waals surface area contributed by atoms with Crippen molar-refractivity contribution < 1.29 is 8.42 Å². The van der Waals surface area contributed by atoms with Crippen LogP contribution in [0.1, 0.15) is 38.8 Å². The minimum absolute atomic E-state index is 0.119. The van der Waals surface area contributed by atoms with Crippen LogP contribution in [0.15, 0.2) is 23.1 Å². The van der Waals surface area contributed by atoms with Gasteiger partial charge in [0.05, 0.1) is 4.90 Å². The van der Waals surface area contributed by atoms with Crippen molar-refractivity contribution in [2.24, 2.45) is 5.41 Å². The molecule has 0 heterocycles. The molecule has 1 rings (SSSR count). The predicted octanol–water partition coefficient (Wildman–Crippen LogP) is 2.43. The third-order valence-electron chi connectivity index (χ3n) is 3.63. The molecule has 1 unspecified atom stereocenters. The SMILES string of the molecule is CNCc1cc(S(=O)(=O)NC(C)C(C)(C)C)ccc1C. The van der Waals surface area contributed by atoms with Crippen molar-refractivity contribution in [1.82, 2.24) is 10.0 Å². The van der Waals surface area contributed by atoms with Crippen LogP contribution in [0.4, 0.5) is 0 Å². The lowest BCUT2D eigenvalue weighted by Crippen LogP contribution is -2.41. The Hall–Kier alpha value is -0.910. The summed E-state index contributed by atoms with van der Waals surface area (Å²) in [5, 5.41) is 3.05. The van der Waals surface area contributed by atoms with Gasteiger partial charge in [-0.3, -0.25) is 0 Å². The third kappa shape index (κ3) is 4.30. The van der Waals surface area contributed by atoms with Gasteiger partial charge in [-0.25, -0.2) is 13.1 Å². The lowest BCUT2D eigenvalue weighted by Gasteiger charge is -2.27. The van der Waals surface area contributed by atoms with Gasteiger partial charge in [0, 0.05) is 12.6 Å². The average molecular weight is 298 g/mol. The number of rotatable bonds is 5. The first-order chi connectivity index (χ1) is 9.08. The van der Waals surface area contributed by atoms with E-state index in [2.05, 4.69) is 10.0 Å². The van der Waals surface area contributed by atoms with Crippen LogP contribution in [0.3, 0.4) is 0 Å². The van der Waals surface area contributed by atoms with Gasteiger partial charge in [-0.1, -0.05) is 26.8 Å². The second kappa shape index (κ2) is 6.24. The van der Waals surface area contributed by atoms with E-state index in [0.717, 1.165) is 11.1 Å². The van der Waals surface area contributed by atoms with Crippen LogP contribution in [-0.2, 0) is 16.6 Å². The fourth-order valence-electron chi connectivity index (χ4n) is 1.67. The number of aryl methyl sites for hydroxylation is 1. The van der Waals surface area contributed by atoms with Crippen molar-refractivity contribution in [1.29, 1.82) is 0 Å². The minimum atomic E-state index is -3.48. The van der Waals surface area contributed by atoms with Crippen molar-refractivity contribution >= 4 is 10.0 Å². The fraction of sp³-hybridized carbons (Fsp3) is 0.600. The molecular weight excluding hydrogens is 272 g/mol. The van der Waals surface area contributed by atoms with E-state index in [9.17, 15) is 8.42 Å². The normalized spacial score (nSPS) is 14.3. The smallest absolute Gasteiger partial charge is 0.240 e. The monoisotopic (exact) mass is 298 g/mol. The van der Waals surface area contributed by atoms with Crippen LogP contribution in [0.5, 0.6) is 0 Å². The molecule has 4 nitrogen and oxygen atoms in total. The second-order valence-corrected chi connectivity index (χ2v) is 8.04. The Morgan fingerprint density at radius 2 is 1.85 bits per heavy atom. The summed E-state index contributed by atoms with van der Waals surface area (Å²) in [6.45, 7) is 10.6.